The number of amides is 2. The van der Waals surface area contributed by atoms with E-state index in [9.17, 15) is 18.0 Å². The highest BCUT2D eigenvalue weighted by Gasteiger charge is 2.35. The molecule has 14 heteroatoms. The standard InChI is InChI=1S/C15H19N7O6S/c1-22-14-10(7-18-22)11(21-28-29(25,26)27)8-17-13(14)15(24)20-19-12(23)5-9-3-2-4-16-6-9/h2-4,6-7,11,13,17,21H,5,8H2,1H3,(H,19,23)(H,20,24)(H,25,26,27)/t11-,13-/m0/s1. The number of fused-ring (bicyclic) bond motifs is 1. The molecule has 0 radical (unpaired) electrons. The van der Waals surface area contributed by atoms with Gasteiger partial charge in [0.15, 0.2) is 0 Å². The van der Waals surface area contributed by atoms with Gasteiger partial charge in [0.05, 0.1) is 24.4 Å². The van der Waals surface area contributed by atoms with E-state index >= 15 is 0 Å². The van der Waals surface area contributed by atoms with Crippen LogP contribution in [0.2, 0.25) is 0 Å². The molecule has 3 rings (SSSR count). The normalized spacial score (nSPS) is 18.7. The largest absolute Gasteiger partial charge is 0.413 e. The van der Waals surface area contributed by atoms with Gasteiger partial charge in [-0.15, -0.1) is 0 Å². The van der Waals surface area contributed by atoms with Crippen LogP contribution in [0.15, 0.2) is 30.7 Å². The fourth-order valence-electron chi connectivity index (χ4n) is 2.90. The first-order valence-electron chi connectivity index (χ1n) is 8.39. The highest BCUT2D eigenvalue weighted by molar-refractivity contribution is 7.80. The molecule has 0 spiro atoms. The molecule has 5 N–H and O–H groups in total. The number of carbonyl (C=O) groups excluding carboxylic acids is 2. The van der Waals surface area contributed by atoms with E-state index in [1.54, 1.807) is 31.6 Å². The molecule has 2 aromatic rings. The van der Waals surface area contributed by atoms with Gasteiger partial charge in [-0.3, -0.25) is 40.0 Å². The van der Waals surface area contributed by atoms with E-state index in [4.69, 9.17) is 4.55 Å². The Morgan fingerprint density at radius 3 is 2.86 bits per heavy atom. The van der Waals surface area contributed by atoms with Crippen molar-refractivity contribution in [1.82, 2.24) is 36.4 Å². The number of hydroxylamine groups is 1. The Morgan fingerprint density at radius 2 is 2.17 bits per heavy atom. The summed E-state index contributed by atoms with van der Waals surface area (Å²) in [7, 11) is -3.09. The number of aromatic nitrogens is 3. The fraction of sp³-hybridized carbons (Fsp3) is 0.333. The van der Waals surface area contributed by atoms with Crippen molar-refractivity contribution in [3.8, 4) is 0 Å². The highest BCUT2D eigenvalue weighted by Crippen LogP contribution is 2.28. The Hall–Kier alpha value is -2.91. The van der Waals surface area contributed by atoms with Crippen LogP contribution in [0.1, 0.15) is 28.9 Å². The van der Waals surface area contributed by atoms with Gasteiger partial charge in [-0.25, -0.2) is 0 Å². The van der Waals surface area contributed by atoms with Crippen molar-refractivity contribution in [3.05, 3.63) is 47.5 Å². The summed E-state index contributed by atoms with van der Waals surface area (Å²) in [6.45, 7) is 0.0932. The summed E-state index contributed by atoms with van der Waals surface area (Å²) in [5.41, 5.74) is 8.52. The van der Waals surface area contributed by atoms with E-state index in [2.05, 4.69) is 36.0 Å². The smallest absolute Gasteiger partial charge is 0.299 e. The van der Waals surface area contributed by atoms with Gasteiger partial charge >= 0.3 is 10.4 Å². The summed E-state index contributed by atoms with van der Waals surface area (Å²) in [6, 6.07) is 1.89. The van der Waals surface area contributed by atoms with Crippen molar-refractivity contribution in [2.75, 3.05) is 6.54 Å². The quantitative estimate of drug-likeness (QED) is 0.262. The maximum Gasteiger partial charge on any atom is 0.413 e. The van der Waals surface area contributed by atoms with Crippen molar-refractivity contribution in [1.29, 1.82) is 0 Å². The molecule has 0 fully saturated rings. The lowest BCUT2D eigenvalue weighted by molar-refractivity contribution is -0.130. The van der Waals surface area contributed by atoms with Gasteiger partial charge < -0.3 is 0 Å². The zero-order valence-electron chi connectivity index (χ0n) is 15.2. The minimum Gasteiger partial charge on any atom is -0.299 e. The van der Waals surface area contributed by atoms with E-state index in [0.717, 1.165) is 0 Å². The van der Waals surface area contributed by atoms with Gasteiger partial charge in [0.2, 0.25) is 5.91 Å². The molecule has 1 aliphatic heterocycles. The minimum absolute atomic E-state index is 0.0438. The monoisotopic (exact) mass is 425 g/mol. The van der Waals surface area contributed by atoms with Gasteiger partial charge in [0.25, 0.3) is 5.91 Å². The summed E-state index contributed by atoms with van der Waals surface area (Å²) < 4.78 is 35.9. The predicted molar refractivity (Wildman–Crippen MR) is 96.7 cm³/mol. The van der Waals surface area contributed by atoms with Gasteiger partial charge in [0.1, 0.15) is 6.04 Å². The van der Waals surface area contributed by atoms with Crippen molar-refractivity contribution < 1.29 is 26.8 Å². The zero-order valence-corrected chi connectivity index (χ0v) is 16.0. The number of rotatable bonds is 6. The van der Waals surface area contributed by atoms with E-state index in [1.165, 1.54) is 10.9 Å². The SMILES string of the molecule is Cn1ncc2c1[C@@H](C(=O)NNC(=O)Cc1cccnc1)NC[C@@H]2NOS(=O)(=O)O. The number of aryl methyl sites for hydroxylation is 1. The average Bonchev–Trinajstić information content (AvgIpc) is 3.06. The second kappa shape index (κ2) is 8.62. The third-order valence-corrected chi connectivity index (χ3v) is 4.47. The Bertz CT molecular complexity index is 994. The van der Waals surface area contributed by atoms with Gasteiger partial charge in [-0.2, -0.15) is 23.3 Å². The van der Waals surface area contributed by atoms with Crippen LogP contribution in [-0.4, -0.2) is 46.1 Å². The van der Waals surface area contributed by atoms with Crippen molar-refractivity contribution in [2.45, 2.75) is 18.5 Å². The number of nitrogens with zero attached hydrogens (tertiary/aromatic N) is 3. The van der Waals surface area contributed by atoms with Crippen molar-refractivity contribution >= 4 is 22.2 Å². The van der Waals surface area contributed by atoms with Crippen LogP contribution < -0.4 is 21.6 Å². The van der Waals surface area contributed by atoms with E-state index in [0.29, 0.717) is 16.8 Å². The summed E-state index contributed by atoms with van der Waals surface area (Å²) in [5, 5.41) is 6.98. The molecule has 0 bridgehead atoms. The van der Waals surface area contributed by atoms with E-state index in [-0.39, 0.29) is 13.0 Å². The Labute approximate surface area is 165 Å². The van der Waals surface area contributed by atoms with Crippen LogP contribution >= 0.6 is 0 Å². The molecule has 0 aliphatic carbocycles. The Kier molecular flexibility index (Phi) is 6.19. The van der Waals surface area contributed by atoms with Gasteiger partial charge in [0, 0.05) is 31.5 Å². The van der Waals surface area contributed by atoms with Crippen LogP contribution in [0.3, 0.4) is 0 Å². The van der Waals surface area contributed by atoms with Crippen molar-refractivity contribution in [2.24, 2.45) is 7.05 Å². The topological polar surface area (TPSA) is 177 Å². The number of hydrazine groups is 1. The van der Waals surface area contributed by atoms with Gasteiger partial charge in [-0.1, -0.05) is 6.07 Å². The first-order chi connectivity index (χ1) is 13.7. The highest BCUT2D eigenvalue weighted by atomic mass is 32.3. The second-order valence-electron chi connectivity index (χ2n) is 6.21. The molecule has 3 heterocycles. The van der Waals surface area contributed by atoms with Crippen LogP contribution in [0.25, 0.3) is 0 Å². The summed E-state index contributed by atoms with van der Waals surface area (Å²) in [6.07, 6.45) is 4.63. The lowest BCUT2D eigenvalue weighted by atomic mass is 9.98. The molecule has 0 saturated heterocycles. The summed E-state index contributed by atoms with van der Waals surface area (Å²) in [5.74, 6) is -0.961. The van der Waals surface area contributed by atoms with E-state index < -0.39 is 34.3 Å². The molecular formula is C15H19N7O6S. The second-order valence-corrected chi connectivity index (χ2v) is 7.23. The molecule has 1 aliphatic rings. The van der Waals surface area contributed by atoms with Crippen molar-refractivity contribution in [3.63, 3.8) is 0 Å². The fourth-order valence-corrected chi connectivity index (χ4v) is 3.14. The molecule has 13 nitrogen and oxygen atoms in total. The number of pyridine rings is 1. The lowest BCUT2D eigenvalue weighted by Crippen LogP contribution is -2.51. The lowest BCUT2D eigenvalue weighted by Gasteiger charge is -2.29. The van der Waals surface area contributed by atoms with Crippen LogP contribution in [0.4, 0.5) is 0 Å². The Balaban J connectivity index is 1.63. The number of nitrogens with one attached hydrogen (secondary N) is 4. The first kappa shape index (κ1) is 20.8. The predicted octanol–water partition coefficient (Wildman–Crippen LogP) is -1.79. The summed E-state index contributed by atoms with van der Waals surface area (Å²) in [4.78, 5) is 28.5. The van der Waals surface area contributed by atoms with Crippen LogP contribution in [-0.2, 0) is 37.7 Å². The van der Waals surface area contributed by atoms with Gasteiger partial charge in [-0.05, 0) is 11.6 Å². The number of carbonyl (C=O) groups is 2. The molecule has 2 aromatic heterocycles. The third-order valence-electron chi connectivity index (χ3n) is 4.16. The molecule has 2 amide bonds. The Morgan fingerprint density at radius 1 is 1.38 bits per heavy atom. The van der Waals surface area contributed by atoms with E-state index in [1.807, 2.05) is 0 Å². The zero-order chi connectivity index (χ0) is 21.0. The third kappa shape index (κ3) is 5.33. The number of hydrogen-bond donors (Lipinski definition) is 5. The van der Waals surface area contributed by atoms with Crippen LogP contribution in [0.5, 0.6) is 0 Å². The first-order valence-corrected chi connectivity index (χ1v) is 9.75. The molecule has 156 valence electrons. The minimum atomic E-state index is -4.69. The number of hydrogen-bond acceptors (Lipinski definition) is 9. The summed E-state index contributed by atoms with van der Waals surface area (Å²) >= 11 is 0. The average molecular weight is 425 g/mol. The maximum atomic E-state index is 12.6. The molecule has 0 aromatic carbocycles. The maximum absolute atomic E-state index is 12.6. The van der Waals surface area contributed by atoms with Crippen LogP contribution in [0, 0.1) is 0 Å². The molecule has 0 saturated carbocycles. The molecule has 29 heavy (non-hydrogen) atoms. The molecule has 2 atom stereocenters. The molecular weight excluding hydrogens is 406 g/mol. The molecule has 0 unspecified atom stereocenters.